The van der Waals surface area contributed by atoms with E-state index in [-0.39, 0.29) is 24.0 Å². The van der Waals surface area contributed by atoms with Crippen LogP contribution in [0.1, 0.15) is 45.2 Å². The third-order valence-corrected chi connectivity index (χ3v) is 7.25. The zero-order valence-electron chi connectivity index (χ0n) is 24.8. The molecule has 6 N–H and O–H groups in total. The van der Waals surface area contributed by atoms with Gasteiger partial charge in [-0.2, -0.15) is 0 Å². The number of hydrogen-bond donors (Lipinski definition) is 5. The second-order valence-corrected chi connectivity index (χ2v) is 10.4. The molecule has 11 heteroatoms. The number of phenolic OH excluding ortho intramolecular Hbond substituents is 1. The van der Waals surface area contributed by atoms with Gasteiger partial charge in [0.25, 0.3) is 5.91 Å². The molecule has 0 saturated carbocycles. The summed E-state index contributed by atoms with van der Waals surface area (Å²) in [6, 6.07) is 1.47. The Bertz CT molecular complexity index is 1160. The topological polar surface area (TPSA) is 170 Å². The fourth-order valence-electron chi connectivity index (χ4n) is 5.03. The molecule has 0 aliphatic carbocycles. The third kappa shape index (κ3) is 8.80. The van der Waals surface area contributed by atoms with Gasteiger partial charge >= 0.3 is 6.09 Å². The lowest BCUT2D eigenvalue weighted by Crippen LogP contribution is -2.37. The number of amides is 2. The van der Waals surface area contributed by atoms with Gasteiger partial charge in [0.15, 0.2) is 6.10 Å². The van der Waals surface area contributed by atoms with Crippen molar-refractivity contribution in [3.63, 3.8) is 0 Å². The van der Waals surface area contributed by atoms with E-state index in [9.17, 15) is 24.9 Å². The zero-order valence-corrected chi connectivity index (χ0v) is 24.8. The first-order valence-electron chi connectivity index (χ1n) is 13.4. The molecule has 6 atom stereocenters. The number of benzene rings is 1. The molecule has 2 amide bonds. The molecule has 228 valence electrons. The number of phenols is 1. The van der Waals surface area contributed by atoms with Crippen LogP contribution in [-0.4, -0.2) is 73.1 Å². The summed E-state index contributed by atoms with van der Waals surface area (Å²) < 4.78 is 22.1. The van der Waals surface area contributed by atoms with E-state index in [1.807, 2.05) is 13.8 Å². The van der Waals surface area contributed by atoms with Gasteiger partial charge in [-0.25, -0.2) is 4.79 Å². The maximum Gasteiger partial charge on any atom is 0.405 e. The minimum atomic E-state index is -0.987. The number of rotatable bonds is 5. The number of anilines is 1. The van der Waals surface area contributed by atoms with Crippen molar-refractivity contribution in [1.82, 2.24) is 0 Å². The molecular weight excluding hydrogens is 532 g/mol. The van der Waals surface area contributed by atoms with Gasteiger partial charge in [0.05, 0.1) is 31.6 Å². The molecule has 41 heavy (non-hydrogen) atoms. The number of ether oxygens (including phenoxy) is 4. The molecule has 1 heterocycles. The van der Waals surface area contributed by atoms with Gasteiger partial charge in [-0.1, -0.05) is 38.2 Å². The second-order valence-electron chi connectivity index (χ2n) is 10.4. The van der Waals surface area contributed by atoms with Crippen molar-refractivity contribution in [1.29, 1.82) is 0 Å². The first-order valence-corrected chi connectivity index (χ1v) is 13.4. The number of nitrogens with one attached hydrogen (secondary N) is 1. The highest BCUT2D eigenvalue weighted by molar-refractivity contribution is 6.04. The molecule has 2 rings (SSSR count). The average molecular weight is 577 g/mol. The Balaban J connectivity index is 2.68. The molecule has 1 aromatic carbocycles. The fourth-order valence-corrected chi connectivity index (χ4v) is 5.03. The standard InChI is InChI=1S/C30H44N2O9/c1-16-11-21-26(35)22(14-20(15-33)28(21)40-7)32-29(36)17(2)9-8-10-23(38-5)27(41-30(31)37)19(4)13-18(3)25(34)24(12-16)39-6/h8-10,13-14,16,18,23-25,27,33-35H,11-12,15H2,1-7H3,(H2,31,37)(H,32,36)/b10-8-,17-9+,19-13+/t16-,18+,23+,24+,25-,27+/m1/s1. The highest BCUT2D eigenvalue weighted by Gasteiger charge is 2.30. The Morgan fingerprint density at radius 3 is 2.41 bits per heavy atom. The molecule has 0 spiro atoms. The number of aliphatic hydroxyl groups is 2. The number of primary amides is 1. The van der Waals surface area contributed by atoms with E-state index in [0.717, 1.165) is 0 Å². The van der Waals surface area contributed by atoms with Crippen molar-refractivity contribution in [2.75, 3.05) is 26.6 Å². The van der Waals surface area contributed by atoms with E-state index in [2.05, 4.69) is 5.32 Å². The summed E-state index contributed by atoms with van der Waals surface area (Å²) >= 11 is 0. The van der Waals surface area contributed by atoms with Crippen molar-refractivity contribution < 1.29 is 43.9 Å². The van der Waals surface area contributed by atoms with Crippen LogP contribution in [0.25, 0.3) is 0 Å². The van der Waals surface area contributed by atoms with Crippen LogP contribution in [0, 0.1) is 11.8 Å². The van der Waals surface area contributed by atoms with Gasteiger partial charge in [-0.3, -0.25) is 4.79 Å². The largest absolute Gasteiger partial charge is 0.505 e. The fraction of sp³-hybridized carbons (Fsp3) is 0.533. The van der Waals surface area contributed by atoms with Gasteiger partial charge in [0.2, 0.25) is 0 Å². The Morgan fingerprint density at radius 1 is 1.17 bits per heavy atom. The van der Waals surface area contributed by atoms with Gasteiger partial charge < -0.3 is 45.3 Å². The van der Waals surface area contributed by atoms with Crippen LogP contribution in [0.2, 0.25) is 0 Å². The van der Waals surface area contributed by atoms with Crippen molar-refractivity contribution in [2.24, 2.45) is 17.6 Å². The lowest BCUT2D eigenvalue weighted by atomic mass is 9.87. The molecule has 0 radical (unpaired) electrons. The third-order valence-electron chi connectivity index (χ3n) is 7.25. The van der Waals surface area contributed by atoms with E-state index in [0.29, 0.717) is 40.9 Å². The van der Waals surface area contributed by atoms with Gasteiger partial charge in [-0.05, 0) is 44.2 Å². The first kappa shape index (κ1) is 33.8. The van der Waals surface area contributed by atoms with E-state index in [1.54, 1.807) is 38.2 Å². The number of carbonyl (C=O) groups excluding carboxylic acids is 2. The summed E-state index contributed by atoms with van der Waals surface area (Å²) in [5.41, 5.74) is 7.20. The number of hydrogen-bond acceptors (Lipinski definition) is 9. The van der Waals surface area contributed by atoms with E-state index in [4.69, 9.17) is 24.7 Å². The van der Waals surface area contributed by atoms with E-state index < -0.39 is 42.3 Å². The van der Waals surface area contributed by atoms with E-state index >= 15 is 0 Å². The smallest absolute Gasteiger partial charge is 0.405 e. The van der Waals surface area contributed by atoms with Crippen LogP contribution < -0.4 is 15.8 Å². The molecule has 1 aliphatic heterocycles. The average Bonchev–Trinajstić information content (AvgIpc) is 2.93. The van der Waals surface area contributed by atoms with Crippen molar-refractivity contribution in [3.05, 3.63) is 52.6 Å². The Hall–Kier alpha value is -3.38. The van der Waals surface area contributed by atoms with Gasteiger partial charge in [0, 0.05) is 36.8 Å². The Labute approximate surface area is 241 Å². The molecule has 1 aromatic rings. The highest BCUT2D eigenvalue weighted by Crippen LogP contribution is 2.40. The lowest BCUT2D eigenvalue weighted by molar-refractivity contribution is -0.112. The number of aromatic hydroxyl groups is 1. The summed E-state index contributed by atoms with van der Waals surface area (Å²) in [6.07, 6.45) is 3.10. The van der Waals surface area contributed by atoms with Crippen LogP contribution >= 0.6 is 0 Å². The summed E-state index contributed by atoms with van der Waals surface area (Å²) in [7, 11) is 4.40. The van der Waals surface area contributed by atoms with Crippen molar-refractivity contribution in [3.8, 4) is 11.5 Å². The molecule has 0 fully saturated rings. The Morgan fingerprint density at radius 2 is 1.85 bits per heavy atom. The maximum absolute atomic E-state index is 13.0. The Kier molecular flexibility index (Phi) is 12.8. The molecule has 0 saturated heterocycles. The second kappa shape index (κ2) is 15.6. The quantitative estimate of drug-likeness (QED) is 0.261. The zero-order chi connectivity index (χ0) is 30.9. The first-order chi connectivity index (χ1) is 19.4. The van der Waals surface area contributed by atoms with Crippen LogP contribution in [-0.2, 0) is 32.0 Å². The molecule has 0 aromatic heterocycles. The van der Waals surface area contributed by atoms with Crippen LogP contribution in [0.4, 0.5) is 10.5 Å². The molecular formula is C30H44N2O9. The predicted octanol–water partition coefficient (Wildman–Crippen LogP) is 3.35. The van der Waals surface area contributed by atoms with E-state index in [1.165, 1.54) is 27.4 Å². The predicted molar refractivity (Wildman–Crippen MR) is 155 cm³/mol. The van der Waals surface area contributed by atoms with Crippen LogP contribution in [0.3, 0.4) is 0 Å². The van der Waals surface area contributed by atoms with Gasteiger partial charge in [0.1, 0.15) is 17.6 Å². The minimum absolute atomic E-state index is 0.123. The van der Waals surface area contributed by atoms with Crippen LogP contribution in [0.5, 0.6) is 11.5 Å². The van der Waals surface area contributed by atoms with Crippen molar-refractivity contribution >= 4 is 17.7 Å². The number of fused-ring (bicyclic) bond motifs is 2. The number of methoxy groups -OCH3 is 3. The molecule has 1 aliphatic rings. The summed E-state index contributed by atoms with van der Waals surface area (Å²) in [5.74, 6) is -0.870. The SMILES string of the molecule is COc1c(CO)cc2c(O)c1C[C@@H](C)C[C@H](OC)[C@H](O)[C@@H](C)/C=C(\C)[C@H](OC(N)=O)[C@@H](OC)/C=C\C=C(/C)C(=O)N2. The monoisotopic (exact) mass is 576 g/mol. The number of aliphatic hydroxyl groups excluding tert-OH is 2. The number of allylic oxidation sites excluding steroid dienone is 2. The molecule has 2 bridgehead atoms. The normalized spacial score (nSPS) is 29.8. The summed E-state index contributed by atoms with van der Waals surface area (Å²) in [4.78, 5) is 24.7. The lowest BCUT2D eigenvalue weighted by Gasteiger charge is -2.29. The maximum atomic E-state index is 13.0. The van der Waals surface area contributed by atoms with Gasteiger partial charge in [-0.15, -0.1) is 0 Å². The summed E-state index contributed by atoms with van der Waals surface area (Å²) in [5, 5.41) is 35.1. The molecule has 11 nitrogen and oxygen atoms in total. The molecule has 0 unspecified atom stereocenters. The van der Waals surface area contributed by atoms with Crippen LogP contribution in [0.15, 0.2) is 41.5 Å². The van der Waals surface area contributed by atoms with Crippen molar-refractivity contribution in [2.45, 2.75) is 71.6 Å². The number of nitrogens with two attached hydrogens (primary N) is 1. The highest BCUT2D eigenvalue weighted by atomic mass is 16.6. The number of carbonyl (C=O) groups is 2. The minimum Gasteiger partial charge on any atom is -0.505 e. The summed E-state index contributed by atoms with van der Waals surface area (Å²) in [6.45, 7) is 6.73.